The zero-order chi connectivity index (χ0) is 17.1. The average Bonchev–Trinajstić information content (AvgIpc) is 3.13. The van der Waals surface area contributed by atoms with E-state index in [1.165, 1.54) is 0 Å². The molecule has 3 heterocycles. The number of rotatable bonds is 4. The average molecular weight is 332 g/mol. The van der Waals surface area contributed by atoms with E-state index < -0.39 is 0 Å². The first-order chi connectivity index (χ1) is 11.6. The van der Waals surface area contributed by atoms with Gasteiger partial charge in [0.2, 0.25) is 0 Å². The fourth-order valence-corrected chi connectivity index (χ4v) is 2.97. The predicted octanol–water partition coefficient (Wildman–Crippen LogP) is 1.76. The van der Waals surface area contributed by atoms with Gasteiger partial charge < -0.3 is 14.6 Å². The summed E-state index contributed by atoms with van der Waals surface area (Å²) in [6.07, 6.45) is 5.90. The molecule has 0 radical (unpaired) electrons. The molecule has 3 rings (SSSR count). The largest absolute Gasteiger partial charge is 0.372 e. The number of aryl methyl sites for hydroxylation is 3. The highest BCUT2D eigenvalue weighted by atomic mass is 16.5. The van der Waals surface area contributed by atoms with E-state index in [1.807, 2.05) is 37.8 Å². The Morgan fingerprint density at radius 3 is 2.96 bits per heavy atom. The molecule has 24 heavy (non-hydrogen) atoms. The number of aromatic nitrogens is 4. The number of hydrogen-bond acceptors (Lipinski definition) is 4. The van der Waals surface area contributed by atoms with Crippen molar-refractivity contribution in [3.05, 3.63) is 30.0 Å². The van der Waals surface area contributed by atoms with Crippen LogP contribution in [0.15, 0.2) is 18.6 Å². The fraction of sp³-hybridized carbons (Fsp3) is 0.562. The number of carbonyl (C=O) groups is 1. The van der Waals surface area contributed by atoms with Crippen molar-refractivity contribution in [2.45, 2.75) is 38.3 Å². The van der Waals surface area contributed by atoms with Gasteiger partial charge in [-0.25, -0.2) is 9.78 Å². The van der Waals surface area contributed by atoms with Crippen molar-refractivity contribution >= 4 is 11.8 Å². The minimum absolute atomic E-state index is 0.0417. The Hall–Kier alpha value is -2.35. The quantitative estimate of drug-likeness (QED) is 0.893. The van der Waals surface area contributed by atoms with Crippen molar-refractivity contribution in [1.29, 1.82) is 0 Å². The van der Waals surface area contributed by atoms with Gasteiger partial charge in [-0.15, -0.1) is 0 Å². The van der Waals surface area contributed by atoms with E-state index in [1.54, 1.807) is 11.0 Å². The second-order valence-corrected chi connectivity index (χ2v) is 6.11. The smallest absolute Gasteiger partial charge is 0.320 e. The van der Waals surface area contributed by atoms with Gasteiger partial charge in [-0.2, -0.15) is 5.10 Å². The van der Waals surface area contributed by atoms with Crippen molar-refractivity contribution in [1.82, 2.24) is 24.6 Å². The van der Waals surface area contributed by atoms with E-state index in [0.717, 1.165) is 30.7 Å². The minimum atomic E-state index is -0.212. The Labute approximate surface area is 141 Å². The van der Waals surface area contributed by atoms with Crippen LogP contribution in [0.1, 0.15) is 37.3 Å². The standard InChI is InChI=1S/C16H24N6O2/c1-4-11-8-15(22(3)20-11)19-16(23)18-12-5-6-24-14(7-12)13-9-17-10-21(13)2/h8-10,12,14H,4-7H2,1-3H3,(H2,18,19,23)/t12-,14-/m1/s1. The van der Waals surface area contributed by atoms with Gasteiger partial charge in [0.1, 0.15) is 11.9 Å². The molecule has 0 saturated carbocycles. The van der Waals surface area contributed by atoms with Gasteiger partial charge in [-0.05, 0) is 19.3 Å². The first-order valence-electron chi connectivity index (χ1n) is 8.25. The highest BCUT2D eigenvalue weighted by molar-refractivity contribution is 5.88. The summed E-state index contributed by atoms with van der Waals surface area (Å²) in [6, 6.07) is 1.75. The number of nitrogens with one attached hydrogen (secondary N) is 2. The zero-order valence-electron chi connectivity index (χ0n) is 14.3. The Kier molecular flexibility index (Phi) is 4.84. The Morgan fingerprint density at radius 2 is 2.29 bits per heavy atom. The van der Waals surface area contributed by atoms with Crippen LogP contribution in [0.25, 0.3) is 0 Å². The molecule has 8 heteroatoms. The lowest BCUT2D eigenvalue weighted by Crippen LogP contribution is -2.42. The van der Waals surface area contributed by atoms with Crippen molar-refractivity contribution in [2.24, 2.45) is 14.1 Å². The van der Waals surface area contributed by atoms with Gasteiger partial charge in [0.05, 0.1) is 23.9 Å². The molecule has 2 atom stereocenters. The van der Waals surface area contributed by atoms with Crippen LogP contribution in [0.5, 0.6) is 0 Å². The van der Waals surface area contributed by atoms with Crippen LogP contribution in [0, 0.1) is 0 Å². The molecule has 1 fully saturated rings. The molecule has 0 unspecified atom stereocenters. The minimum Gasteiger partial charge on any atom is -0.372 e. The summed E-state index contributed by atoms with van der Waals surface area (Å²) in [7, 11) is 3.77. The van der Waals surface area contributed by atoms with Crippen molar-refractivity contribution < 1.29 is 9.53 Å². The Bertz CT molecular complexity index is 707. The highest BCUT2D eigenvalue weighted by Crippen LogP contribution is 2.27. The van der Waals surface area contributed by atoms with Gasteiger partial charge >= 0.3 is 6.03 Å². The molecule has 1 aliphatic heterocycles. The van der Waals surface area contributed by atoms with Crippen molar-refractivity contribution in [3.8, 4) is 0 Å². The van der Waals surface area contributed by atoms with Crippen molar-refractivity contribution in [2.75, 3.05) is 11.9 Å². The van der Waals surface area contributed by atoms with E-state index in [0.29, 0.717) is 12.4 Å². The molecule has 2 aromatic rings. The molecular formula is C16H24N6O2. The number of hydrogen-bond donors (Lipinski definition) is 2. The number of ether oxygens (including phenoxy) is 1. The molecule has 0 aromatic carbocycles. The lowest BCUT2D eigenvalue weighted by atomic mass is 10.0. The summed E-state index contributed by atoms with van der Waals surface area (Å²) in [4.78, 5) is 16.4. The fourth-order valence-electron chi connectivity index (χ4n) is 2.97. The number of nitrogens with zero attached hydrogens (tertiary/aromatic N) is 4. The first-order valence-corrected chi connectivity index (χ1v) is 8.25. The molecule has 0 aliphatic carbocycles. The zero-order valence-corrected chi connectivity index (χ0v) is 14.3. The predicted molar refractivity (Wildman–Crippen MR) is 89.7 cm³/mol. The molecule has 2 amide bonds. The summed E-state index contributed by atoms with van der Waals surface area (Å²) < 4.78 is 9.46. The molecule has 0 spiro atoms. The van der Waals surface area contributed by atoms with Gasteiger partial charge in [-0.1, -0.05) is 6.92 Å². The molecule has 2 N–H and O–H groups in total. The lowest BCUT2D eigenvalue weighted by molar-refractivity contribution is -0.00151. The third-order valence-corrected chi connectivity index (χ3v) is 4.34. The van der Waals surface area contributed by atoms with E-state index in [-0.39, 0.29) is 18.2 Å². The maximum Gasteiger partial charge on any atom is 0.320 e. The van der Waals surface area contributed by atoms with Crippen LogP contribution in [-0.2, 0) is 25.3 Å². The van der Waals surface area contributed by atoms with Crippen LogP contribution >= 0.6 is 0 Å². The molecule has 130 valence electrons. The molecule has 1 saturated heterocycles. The summed E-state index contributed by atoms with van der Waals surface area (Å²) in [6.45, 7) is 2.65. The van der Waals surface area contributed by atoms with Gasteiger partial charge in [0.15, 0.2) is 0 Å². The van der Waals surface area contributed by atoms with Crippen LogP contribution in [0.3, 0.4) is 0 Å². The van der Waals surface area contributed by atoms with Gasteiger partial charge in [0, 0.05) is 32.8 Å². The van der Waals surface area contributed by atoms with Gasteiger partial charge in [-0.3, -0.25) is 10.00 Å². The highest BCUT2D eigenvalue weighted by Gasteiger charge is 2.27. The van der Waals surface area contributed by atoms with E-state index in [9.17, 15) is 4.79 Å². The molecule has 0 bridgehead atoms. The molecular weight excluding hydrogens is 308 g/mol. The third-order valence-electron chi connectivity index (χ3n) is 4.34. The van der Waals surface area contributed by atoms with Crippen LogP contribution in [0.2, 0.25) is 0 Å². The Balaban J connectivity index is 1.58. The summed E-state index contributed by atoms with van der Waals surface area (Å²) in [5, 5.41) is 10.2. The van der Waals surface area contributed by atoms with Crippen LogP contribution < -0.4 is 10.6 Å². The maximum atomic E-state index is 12.3. The van der Waals surface area contributed by atoms with Crippen LogP contribution in [0.4, 0.5) is 10.6 Å². The second kappa shape index (κ2) is 7.04. The Morgan fingerprint density at radius 1 is 1.46 bits per heavy atom. The molecule has 8 nitrogen and oxygen atoms in total. The number of anilines is 1. The topological polar surface area (TPSA) is 86.0 Å². The first kappa shape index (κ1) is 16.5. The van der Waals surface area contributed by atoms with Crippen molar-refractivity contribution in [3.63, 3.8) is 0 Å². The monoisotopic (exact) mass is 332 g/mol. The van der Waals surface area contributed by atoms with E-state index >= 15 is 0 Å². The number of urea groups is 1. The summed E-state index contributed by atoms with van der Waals surface area (Å²) in [5.41, 5.74) is 1.98. The number of carbonyl (C=O) groups excluding carboxylic acids is 1. The summed E-state index contributed by atoms with van der Waals surface area (Å²) in [5.74, 6) is 0.694. The maximum absolute atomic E-state index is 12.3. The second-order valence-electron chi connectivity index (χ2n) is 6.11. The summed E-state index contributed by atoms with van der Waals surface area (Å²) >= 11 is 0. The lowest BCUT2D eigenvalue weighted by Gasteiger charge is -2.30. The molecule has 2 aromatic heterocycles. The van der Waals surface area contributed by atoms with Crippen LogP contribution in [-0.4, -0.2) is 38.0 Å². The van der Waals surface area contributed by atoms with E-state index in [4.69, 9.17) is 4.74 Å². The van der Waals surface area contributed by atoms with Gasteiger partial charge in [0.25, 0.3) is 0 Å². The number of amides is 2. The molecule has 1 aliphatic rings. The van der Waals surface area contributed by atoms with E-state index in [2.05, 4.69) is 20.7 Å². The number of imidazole rings is 1. The normalized spacial score (nSPS) is 20.8. The third kappa shape index (κ3) is 3.59. The SMILES string of the molecule is CCc1cc(NC(=O)N[C@@H]2CCO[C@@H](c3cncn3C)C2)n(C)n1.